The highest BCUT2D eigenvalue weighted by Crippen LogP contribution is 2.36. The van der Waals surface area contributed by atoms with Crippen LogP contribution in [-0.4, -0.2) is 46.8 Å². The highest BCUT2D eigenvalue weighted by molar-refractivity contribution is 7.13. The summed E-state index contributed by atoms with van der Waals surface area (Å²) in [7, 11) is -0.0168. The third kappa shape index (κ3) is 3.93. The molecule has 0 fully saturated rings. The van der Waals surface area contributed by atoms with Crippen molar-refractivity contribution in [1.82, 2.24) is 4.98 Å². The summed E-state index contributed by atoms with van der Waals surface area (Å²) in [5.74, 6) is -2.00. The Labute approximate surface area is 158 Å². The summed E-state index contributed by atoms with van der Waals surface area (Å²) in [6.07, 6.45) is 0.195. The van der Waals surface area contributed by atoms with Crippen LogP contribution in [0.2, 0.25) is 5.82 Å². The molecule has 0 aliphatic carbocycles. The van der Waals surface area contributed by atoms with Gasteiger partial charge in [-0.3, -0.25) is 4.79 Å². The van der Waals surface area contributed by atoms with Crippen LogP contribution in [0.4, 0.5) is 5.13 Å². The average Bonchev–Trinajstić information content (AvgIpc) is 3.05. The quantitative estimate of drug-likeness (QED) is 0.380. The molecule has 0 radical (unpaired) electrons. The summed E-state index contributed by atoms with van der Waals surface area (Å²) in [5, 5.41) is 25.1. The first-order chi connectivity index (χ1) is 12.9. The Balaban J connectivity index is 1.81. The number of nitrogens with two attached hydrogens (primary N) is 1. The molecule has 1 aliphatic heterocycles. The van der Waals surface area contributed by atoms with Crippen LogP contribution in [0, 0.1) is 0 Å². The molecule has 11 heteroatoms. The Morgan fingerprint density at radius 1 is 1.52 bits per heavy atom. The van der Waals surface area contributed by atoms with Gasteiger partial charge in [-0.15, -0.1) is 11.3 Å². The van der Waals surface area contributed by atoms with Crippen LogP contribution in [0.3, 0.4) is 0 Å². The molecule has 0 amide bonds. The fourth-order valence-electron chi connectivity index (χ4n) is 2.89. The average molecular weight is 389 g/mol. The molecule has 0 saturated carbocycles. The minimum Gasteiger partial charge on any atom is -0.535 e. The monoisotopic (exact) mass is 389 g/mol. The molecule has 0 saturated heterocycles. The van der Waals surface area contributed by atoms with Crippen molar-refractivity contribution in [2.45, 2.75) is 18.7 Å². The topological polar surface area (TPSA) is 144 Å². The van der Waals surface area contributed by atoms with Crippen LogP contribution in [0.5, 0.6) is 5.75 Å². The minimum absolute atomic E-state index is 0.00253. The van der Waals surface area contributed by atoms with Crippen LogP contribution < -0.4 is 10.4 Å². The molecule has 1 atom stereocenters. The molecule has 2 heterocycles. The van der Waals surface area contributed by atoms with Gasteiger partial charge in [0.15, 0.2) is 16.6 Å². The minimum atomic E-state index is -1.33. The molecule has 0 bridgehead atoms. The number of aromatic nitrogens is 1. The van der Waals surface area contributed by atoms with Gasteiger partial charge in [0.05, 0.1) is 5.56 Å². The van der Waals surface area contributed by atoms with Crippen LogP contribution in [0.1, 0.15) is 28.0 Å². The maximum Gasteiger partial charge on any atom is 0.526 e. The van der Waals surface area contributed by atoms with Crippen molar-refractivity contribution in [3.8, 4) is 5.75 Å². The Morgan fingerprint density at radius 3 is 2.93 bits per heavy atom. The predicted molar refractivity (Wildman–Crippen MR) is 99.2 cm³/mol. The molecule has 1 aromatic carbocycles. The summed E-state index contributed by atoms with van der Waals surface area (Å²) in [6, 6.07) is 4.70. The van der Waals surface area contributed by atoms with Gasteiger partial charge in [0, 0.05) is 17.6 Å². The molecule has 140 valence electrons. The van der Waals surface area contributed by atoms with E-state index in [2.05, 4.69) is 10.1 Å². The summed E-state index contributed by atoms with van der Waals surface area (Å²) < 4.78 is 5.41. The molecule has 2 aromatic rings. The third-order valence-electron chi connectivity index (χ3n) is 4.11. The van der Waals surface area contributed by atoms with Gasteiger partial charge in [0.25, 0.3) is 0 Å². The normalized spacial score (nSPS) is 16.4. The second kappa shape index (κ2) is 7.76. The van der Waals surface area contributed by atoms with Crippen molar-refractivity contribution in [2.24, 2.45) is 5.16 Å². The van der Waals surface area contributed by atoms with Gasteiger partial charge >= 0.3 is 13.1 Å². The molecule has 1 aliphatic rings. The van der Waals surface area contributed by atoms with Crippen molar-refractivity contribution in [3.05, 3.63) is 40.4 Å². The van der Waals surface area contributed by atoms with E-state index in [0.717, 1.165) is 0 Å². The summed E-state index contributed by atoms with van der Waals surface area (Å²) in [6.45, 7) is 0. The number of oxime groups is 1. The van der Waals surface area contributed by atoms with Crippen molar-refractivity contribution in [3.63, 3.8) is 0 Å². The second-order valence-corrected chi connectivity index (χ2v) is 6.78. The number of carbonyl (C=O) groups is 2. The van der Waals surface area contributed by atoms with E-state index in [1.807, 2.05) is 0 Å². The molecule has 4 N–H and O–H groups in total. The van der Waals surface area contributed by atoms with E-state index in [4.69, 9.17) is 15.2 Å². The Bertz CT molecular complexity index is 915. The van der Waals surface area contributed by atoms with E-state index in [1.54, 1.807) is 17.5 Å². The van der Waals surface area contributed by atoms with Crippen molar-refractivity contribution in [1.29, 1.82) is 0 Å². The van der Waals surface area contributed by atoms with Gasteiger partial charge in [-0.1, -0.05) is 17.3 Å². The van der Waals surface area contributed by atoms with Crippen molar-refractivity contribution >= 4 is 41.1 Å². The number of anilines is 1. The molecular weight excluding hydrogens is 373 g/mol. The van der Waals surface area contributed by atoms with E-state index in [9.17, 15) is 19.7 Å². The zero-order valence-electron chi connectivity index (χ0n) is 14.3. The first-order valence-electron chi connectivity index (χ1n) is 7.96. The van der Waals surface area contributed by atoms with Gasteiger partial charge in [-0.25, -0.2) is 9.78 Å². The number of hydrogen-bond donors (Lipinski definition) is 3. The maximum absolute atomic E-state index is 12.7. The number of benzene rings is 1. The molecule has 1 aromatic heterocycles. The summed E-state index contributed by atoms with van der Waals surface area (Å²) in [4.78, 5) is 32.8. The fraction of sp³-hybridized carbons (Fsp3) is 0.250. The Hall–Kier alpha value is -2.92. The summed E-state index contributed by atoms with van der Waals surface area (Å²) in [5.41, 5.74) is 6.48. The van der Waals surface area contributed by atoms with Gasteiger partial charge in [0.1, 0.15) is 18.6 Å². The zero-order chi connectivity index (χ0) is 19.6. The van der Waals surface area contributed by atoms with E-state index in [-0.39, 0.29) is 35.0 Å². The molecule has 0 unspecified atom stereocenters. The van der Waals surface area contributed by atoms with Crippen LogP contribution >= 0.6 is 11.3 Å². The molecule has 9 nitrogen and oxygen atoms in total. The SMILES string of the molecule is CO/N=C(\C(=O)C[C@H]1Cc2cccc(C(=O)O)c2OB1O)c1csc(N)n1. The van der Waals surface area contributed by atoms with E-state index in [1.165, 1.54) is 24.5 Å². The lowest BCUT2D eigenvalue weighted by Gasteiger charge is -2.27. The number of ketones is 1. The van der Waals surface area contributed by atoms with E-state index < -0.39 is 24.7 Å². The van der Waals surface area contributed by atoms with Crippen molar-refractivity contribution in [2.75, 3.05) is 12.8 Å². The van der Waals surface area contributed by atoms with Crippen LogP contribution in [0.25, 0.3) is 0 Å². The third-order valence-corrected chi connectivity index (χ3v) is 4.78. The lowest BCUT2D eigenvalue weighted by Crippen LogP contribution is -2.36. The van der Waals surface area contributed by atoms with Crippen molar-refractivity contribution < 1.29 is 29.2 Å². The number of fused-ring (bicyclic) bond motifs is 1. The first-order valence-corrected chi connectivity index (χ1v) is 8.84. The zero-order valence-corrected chi connectivity index (χ0v) is 15.1. The fourth-order valence-corrected chi connectivity index (χ4v) is 3.44. The van der Waals surface area contributed by atoms with Gasteiger partial charge in [0.2, 0.25) is 0 Å². The number of hydrogen-bond acceptors (Lipinski definition) is 9. The maximum atomic E-state index is 12.7. The highest BCUT2D eigenvalue weighted by Gasteiger charge is 2.38. The van der Waals surface area contributed by atoms with Gasteiger partial charge in [-0.2, -0.15) is 0 Å². The number of carboxylic acids is 1. The number of rotatable bonds is 6. The number of nitrogens with zero attached hydrogens (tertiary/aromatic N) is 2. The number of carboxylic acid groups (broad SMARTS) is 1. The highest BCUT2D eigenvalue weighted by atomic mass is 32.1. The lowest BCUT2D eigenvalue weighted by molar-refractivity contribution is -0.113. The standard InChI is InChI=1S/C16H16BN3O6S/c1-25-20-13(11-7-27-16(18)19-11)12(21)6-9-5-8-3-2-4-10(15(22)23)14(8)26-17(9)24/h2-4,7,9,24H,5-6H2,1H3,(H2,18,19)(H,22,23)/b20-13-/t9-/m1/s1. The molecule has 3 rings (SSSR count). The number of para-hydroxylation sites is 1. The number of nitrogen functional groups attached to an aromatic ring is 1. The van der Waals surface area contributed by atoms with Gasteiger partial charge < -0.3 is 25.4 Å². The first kappa shape index (κ1) is 18.9. The molecular formula is C16H16BN3O6S. The molecule has 27 heavy (non-hydrogen) atoms. The number of aromatic carboxylic acids is 1. The number of carbonyl (C=O) groups excluding carboxylic acids is 1. The second-order valence-electron chi connectivity index (χ2n) is 5.89. The van der Waals surface area contributed by atoms with Crippen LogP contribution in [-0.2, 0) is 16.1 Å². The lowest BCUT2D eigenvalue weighted by atomic mass is 9.64. The van der Waals surface area contributed by atoms with Gasteiger partial charge in [-0.05, 0) is 18.1 Å². The smallest absolute Gasteiger partial charge is 0.526 e. The van der Waals surface area contributed by atoms with E-state index >= 15 is 0 Å². The summed E-state index contributed by atoms with van der Waals surface area (Å²) >= 11 is 1.17. The molecule has 0 spiro atoms. The Morgan fingerprint density at radius 2 is 2.30 bits per heavy atom. The largest absolute Gasteiger partial charge is 0.535 e. The van der Waals surface area contributed by atoms with E-state index in [0.29, 0.717) is 11.3 Å². The number of thiazole rings is 1. The predicted octanol–water partition coefficient (Wildman–Crippen LogP) is 1.22. The Kier molecular flexibility index (Phi) is 5.42. The number of Topliss-reactive ketones (excluding diaryl/α,β-unsaturated/α-hetero) is 1. The van der Waals surface area contributed by atoms with Crippen LogP contribution in [0.15, 0.2) is 28.7 Å².